The SMILES string of the molecule is CCC(=O)Nc1ccc(Oc2c(C)c(C(=O)O)nn2-c2ccc(F)cc2)c(S(=O)(=O)NC(C)(C)C)c1. The molecule has 0 unspecified atom stereocenters. The average Bonchev–Trinajstić information content (AvgIpc) is 3.10. The largest absolute Gasteiger partial charge is 0.476 e. The summed E-state index contributed by atoms with van der Waals surface area (Å²) in [6.07, 6.45) is 0.189. The van der Waals surface area contributed by atoms with Crippen molar-refractivity contribution in [2.24, 2.45) is 0 Å². The summed E-state index contributed by atoms with van der Waals surface area (Å²) in [6, 6.07) is 9.17. The fourth-order valence-electron chi connectivity index (χ4n) is 3.25. The van der Waals surface area contributed by atoms with Gasteiger partial charge in [0.05, 0.1) is 5.69 Å². The summed E-state index contributed by atoms with van der Waals surface area (Å²) in [4.78, 5) is 23.3. The number of sulfonamides is 1. The van der Waals surface area contributed by atoms with Gasteiger partial charge in [0.25, 0.3) is 0 Å². The van der Waals surface area contributed by atoms with Crippen LogP contribution in [0.4, 0.5) is 10.1 Å². The predicted molar refractivity (Wildman–Crippen MR) is 131 cm³/mol. The van der Waals surface area contributed by atoms with Gasteiger partial charge in [0, 0.05) is 23.2 Å². The van der Waals surface area contributed by atoms with Crippen LogP contribution in [0.2, 0.25) is 0 Å². The zero-order chi connectivity index (χ0) is 26.8. The number of aromatic nitrogens is 2. The summed E-state index contributed by atoms with van der Waals surface area (Å²) in [6.45, 7) is 8.12. The molecule has 0 spiro atoms. The lowest BCUT2D eigenvalue weighted by Gasteiger charge is -2.22. The number of hydrogen-bond acceptors (Lipinski definition) is 6. The van der Waals surface area contributed by atoms with Crippen molar-refractivity contribution in [3.8, 4) is 17.3 Å². The van der Waals surface area contributed by atoms with Crippen molar-refractivity contribution in [2.75, 3.05) is 5.32 Å². The Hall–Kier alpha value is -3.77. The number of benzene rings is 2. The second kappa shape index (κ2) is 10.1. The smallest absolute Gasteiger partial charge is 0.356 e. The highest BCUT2D eigenvalue weighted by atomic mass is 32.2. The number of aromatic carboxylic acids is 1. The zero-order valence-corrected chi connectivity index (χ0v) is 21.2. The van der Waals surface area contributed by atoms with Crippen LogP contribution in [0, 0.1) is 12.7 Å². The van der Waals surface area contributed by atoms with Crippen LogP contribution in [0.3, 0.4) is 0 Å². The Morgan fingerprint density at radius 1 is 1.14 bits per heavy atom. The number of rotatable bonds is 8. The van der Waals surface area contributed by atoms with E-state index in [9.17, 15) is 27.5 Å². The van der Waals surface area contributed by atoms with Crippen LogP contribution in [0.25, 0.3) is 5.69 Å². The van der Waals surface area contributed by atoms with Gasteiger partial charge in [-0.05, 0) is 70.2 Å². The number of ether oxygens (including phenoxy) is 1. The molecule has 12 heteroatoms. The van der Waals surface area contributed by atoms with E-state index >= 15 is 0 Å². The van der Waals surface area contributed by atoms with E-state index in [-0.39, 0.29) is 45.8 Å². The number of nitrogens with zero attached hydrogens (tertiary/aromatic N) is 2. The van der Waals surface area contributed by atoms with E-state index in [1.54, 1.807) is 27.7 Å². The van der Waals surface area contributed by atoms with E-state index in [0.29, 0.717) is 5.69 Å². The first-order valence-corrected chi connectivity index (χ1v) is 12.4. The number of carbonyl (C=O) groups is 2. The Kier molecular flexibility index (Phi) is 7.51. The van der Waals surface area contributed by atoms with Gasteiger partial charge < -0.3 is 15.2 Å². The van der Waals surface area contributed by atoms with Crippen molar-refractivity contribution in [2.45, 2.75) is 51.5 Å². The van der Waals surface area contributed by atoms with Crippen LogP contribution in [0.15, 0.2) is 47.4 Å². The molecule has 0 aliphatic heterocycles. The Morgan fingerprint density at radius 3 is 2.33 bits per heavy atom. The first-order chi connectivity index (χ1) is 16.7. The Labute approximate surface area is 208 Å². The lowest BCUT2D eigenvalue weighted by molar-refractivity contribution is -0.115. The van der Waals surface area contributed by atoms with Gasteiger partial charge in [-0.15, -0.1) is 0 Å². The standard InChI is InChI=1S/C24H27FN4O6S/c1-6-20(30)26-16-9-12-18(19(13-16)36(33,34)28-24(3,4)5)35-22-14(2)21(23(31)32)27-29(22)17-10-7-15(25)8-11-17/h7-13,28H,6H2,1-5H3,(H,26,30)(H,31,32). The van der Waals surface area contributed by atoms with Gasteiger partial charge in [-0.3, -0.25) is 4.79 Å². The number of carboxylic acid groups (broad SMARTS) is 1. The summed E-state index contributed by atoms with van der Waals surface area (Å²) >= 11 is 0. The molecule has 1 heterocycles. The molecule has 1 amide bonds. The van der Waals surface area contributed by atoms with Crippen molar-refractivity contribution < 1.29 is 32.2 Å². The highest BCUT2D eigenvalue weighted by Crippen LogP contribution is 2.35. The van der Waals surface area contributed by atoms with Crippen molar-refractivity contribution in [3.05, 3.63) is 59.5 Å². The quantitative estimate of drug-likeness (QED) is 0.405. The molecular weight excluding hydrogens is 491 g/mol. The van der Waals surface area contributed by atoms with E-state index in [2.05, 4.69) is 15.1 Å². The number of carbonyl (C=O) groups excluding carboxylic acids is 1. The Morgan fingerprint density at radius 2 is 1.78 bits per heavy atom. The first kappa shape index (κ1) is 26.8. The molecule has 0 bridgehead atoms. The highest BCUT2D eigenvalue weighted by molar-refractivity contribution is 7.89. The molecule has 192 valence electrons. The summed E-state index contributed by atoms with van der Waals surface area (Å²) < 4.78 is 49.7. The third-order valence-electron chi connectivity index (χ3n) is 4.83. The van der Waals surface area contributed by atoms with Crippen LogP contribution in [0.1, 0.15) is 50.2 Å². The maximum atomic E-state index is 13.5. The minimum Gasteiger partial charge on any atom is -0.476 e. The summed E-state index contributed by atoms with van der Waals surface area (Å²) in [5.74, 6) is -2.35. The fraction of sp³-hybridized carbons (Fsp3) is 0.292. The molecule has 0 aliphatic rings. The minimum atomic E-state index is -4.16. The number of halogens is 1. The average molecular weight is 519 g/mol. The Balaban J connectivity index is 2.19. The monoisotopic (exact) mass is 518 g/mol. The van der Waals surface area contributed by atoms with Gasteiger partial charge in [-0.25, -0.2) is 22.3 Å². The molecule has 3 aromatic rings. The lowest BCUT2D eigenvalue weighted by atomic mass is 10.1. The molecule has 2 aromatic carbocycles. The van der Waals surface area contributed by atoms with Gasteiger partial charge in [0.2, 0.25) is 21.8 Å². The van der Waals surface area contributed by atoms with E-state index in [4.69, 9.17) is 4.74 Å². The number of amides is 1. The molecular formula is C24H27FN4O6S. The van der Waals surface area contributed by atoms with Gasteiger partial charge in [0.1, 0.15) is 16.5 Å². The minimum absolute atomic E-state index is 0.0726. The van der Waals surface area contributed by atoms with Gasteiger partial charge in [-0.1, -0.05) is 6.92 Å². The van der Waals surface area contributed by atoms with Crippen molar-refractivity contribution >= 4 is 27.6 Å². The van der Waals surface area contributed by atoms with Crippen LogP contribution < -0.4 is 14.8 Å². The molecule has 0 aliphatic carbocycles. The van der Waals surface area contributed by atoms with Crippen LogP contribution in [-0.4, -0.2) is 40.7 Å². The molecule has 0 radical (unpaired) electrons. The van der Waals surface area contributed by atoms with Crippen LogP contribution in [0.5, 0.6) is 11.6 Å². The maximum Gasteiger partial charge on any atom is 0.356 e. The second-order valence-corrected chi connectivity index (χ2v) is 10.6. The summed E-state index contributed by atoms with van der Waals surface area (Å²) in [5, 5.41) is 16.3. The van der Waals surface area contributed by atoms with E-state index in [1.807, 2.05) is 0 Å². The van der Waals surface area contributed by atoms with Crippen molar-refractivity contribution in [1.29, 1.82) is 0 Å². The number of hydrogen-bond donors (Lipinski definition) is 3. The van der Waals surface area contributed by atoms with Crippen molar-refractivity contribution in [1.82, 2.24) is 14.5 Å². The lowest BCUT2D eigenvalue weighted by Crippen LogP contribution is -2.40. The molecule has 36 heavy (non-hydrogen) atoms. The number of carboxylic acids is 1. The van der Waals surface area contributed by atoms with Crippen molar-refractivity contribution in [3.63, 3.8) is 0 Å². The molecule has 0 saturated carbocycles. The first-order valence-electron chi connectivity index (χ1n) is 11.0. The molecule has 0 atom stereocenters. The van der Waals surface area contributed by atoms with E-state index in [1.165, 1.54) is 49.4 Å². The predicted octanol–water partition coefficient (Wildman–Crippen LogP) is 4.24. The molecule has 10 nitrogen and oxygen atoms in total. The molecule has 1 aromatic heterocycles. The van der Waals surface area contributed by atoms with E-state index in [0.717, 1.165) is 4.68 Å². The highest BCUT2D eigenvalue weighted by Gasteiger charge is 2.29. The third-order valence-corrected chi connectivity index (χ3v) is 6.61. The number of nitrogens with one attached hydrogen (secondary N) is 2. The third kappa shape index (κ3) is 6.07. The van der Waals surface area contributed by atoms with Gasteiger partial charge in [0.15, 0.2) is 5.69 Å². The molecule has 3 N–H and O–H groups in total. The second-order valence-electron chi connectivity index (χ2n) is 8.99. The molecule has 0 saturated heterocycles. The van der Waals surface area contributed by atoms with Gasteiger partial charge >= 0.3 is 5.97 Å². The van der Waals surface area contributed by atoms with Crippen LogP contribution in [-0.2, 0) is 14.8 Å². The number of anilines is 1. The summed E-state index contributed by atoms with van der Waals surface area (Å²) in [5.41, 5.74) is -0.494. The topological polar surface area (TPSA) is 140 Å². The van der Waals surface area contributed by atoms with Crippen LogP contribution >= 0.6 is 0 Å². The normalized spacial score (nSPS) is 11.8. The molecule has 3 rings (SSSR count). The Bertz CT molecular complexity index is 1410. The van der Waals surface area contributed by atoms with Gasteiger partial charge in [-0.2, -0.15) is 9.78 Å². The maximum absolute atomic E-state index is 13.5. The van der Waals surface area contributed by atoms with E-state index < -0.39 is 27.3 Å². The fourth-order valence-corrected chi connectivity index (χ4v) is 4.83. The molecule has 0 fully saturated rings. The zero-order valence-electron chi connectivity index (χ0n) is 20.4. The summed E-state index contributed by atoms with van der Waals surface area (Å²) in [7, 11) is -4.16.